The fourth-order valence-electron chi connectivity index (χ4n) is 2.84. The molecule has 0 N–H and O–H groups in total. The first-order chi connectivity index (χ1) is 10.9. The van der Waals surface area contributed by atoms with Gasteiger partial charge in [0.25, 0.3) is 0 Å². The van der Waals surface area contributed by atoms with E-state index < -0.39 is 0 Å². The predicted molar refractivity (Wildman–Crippen MR) is 92.6 cm³/mol. The van der Waals surface area contributed by atoms with Crippen LogP contribution in [0.1, 0.15) is 22.5 Å². The van der Waals surface area contributed by atoms with Gasteiger partial charge in [0.05, 0.1) is 0 Å². The monoisotopic (exact) mass is 352 g/mol. The second-order valence-corrected chi connectivity index (χ2v) is 7.38. The van der Waals surface area contributed by atoms with Gasteiger partial charge in [-0.3, -0.25) is 0 Å². The Morgan fingerprint density at radius 2 is 1.59 bits per heavy atom. The molecule has 0 saturated heterocycles. The zero-order valence-electron chi connectivity index (χ0n) is 12.1. The summed E-state index contributed by atoms with van der Waals surface area (Å²) in [6.07, 6.45) is 0.980. The summed E-state index contributed by atoms with van der Waals surface area (Å²) < 4.78 is 1.51. The summed E-state index contributed by atoms with van der Waals surface area (Å²) in [6.45, 7) is 0. The first-order valence-electron chi connectivity index (χ1n) is 7.42. The van der Waals surface area contributed by atoms with E-state index in [1.54, 1.807) is 0 Å². The van der Waals surface area contributed by atoms with E-state index in [1.807, 2.05) is 0 Å². The van der Waals surface area contributed by atoms with Gasteiger partial charge in [0.1, 0.15) is 0 Å². The minimum absolute atomic E-state index is 0.354. The number of hydrogen-bond acceptors (Lipinski definition) is 2. The van der Waals surface area contributed by atoms with Gasteiger partial charge in [0.2, 0.25) is 0 Å². The molecule has 0 aliphatic carbocycles. The fraction of sp³-hybridized carbons (Fsp3) is 0.105. The molecule has 0 radical (unpaired) electrons. The van der Waals surface area contributed by atoms with Crippen LogP contribution in [-0.4, -0.2) is 20.2 Å². The second-order valence-electron chi connectivity index (χ2n) is 5.33. The molecule has 1 atom stereocenters. The van der Waals surface area contributed by atoms with Gasteiger partial charge in [-0.25, -0.2) is 0 Å². The van der Waals surface area contributed by atoms with Crippen LogP contribution >= 0.6 is 0 Å². The molecule has 4 rings (SSSR count). The molecule has 1 aromatic heterocycles. The molecule has 0 spiro atoms. The van der Waals surface area contributed by atoms with E-state index in [2.05, 4.69) is 82.7 Å². The van der Waals surface area contributed by atoms with Crippen molar-refractivity contribution in [3.05, 3.63) is 87.7 Å². The SMILES string of the molecule is c1ccc(C2=NN(c3ccccc3)C(c3ccc[se]3)C2)cc1. The molecule has 2 aromatic carbocycles. The summed E-state index contributed by atoms with van der Waals surface area (Å²) in [4.78, 5) is 2.28. The normalized spacial score (nSPS) is 17.5. The zero-order valence-corrected chi connectivity index (χ0v) is 13.8. The van der Waals surface area contributed by atoms with Crippen LogP contribution in [0.2, 0.25) is 0 Å². The van der Waals surface area contributed by atoms with E-state index in [9.17, 15) is 0 Å². The van der Waals surface area contributed by atoms with Crippen molar-refractivity contribution in [1.29, 1.82) is 0 Å². The van der Waals surface area contributed by atoms with Gasteiger partial charge in [-0.15, -0.1) is 0 Å². The first kappa shape index (κ1) is 13.6. The Morgan fingerprint density at radius 3 is 2.27 bits per heavy atom. The Bertz CT molecular complexity index is 764. The van der Waals surface area contributed by atoms with Crippen LogP contribution in [0, 0.1) is 0 Å². The topological polar surface area (TPSA) is 15.6 Å². The molecule has 0 bridgehead atoms. The summed E-state index contributed by atoms with van der Waals surface area (Å²) in [5, 5.41) is 7.14. The van der Waals surface area contributed by atoms with Crippen LogP contribution in [0.15, 0.2) is 82.8 Å². The Hall–Kier alpha value is -2.09. The van der Waals surface area contributed by atoms with E-state index in [-0.39, 0.29) is 0 Å². The Balaban J connectivity index is 1.75. The molecule has 108 valence electrons. The standard InChI is InChI=1S/C19H16N2Se/c1-3-8-15(9-4-1)17-14-18(19-12-7-13-22-19)21(20-17)16-10-5-2-6-11-16/h1-13,18H,14H2. The van der Waals surface area contributed by atoms with Crippen molar-refractivity contribution in [2.45, 2.75) is 12.5 Å². The summed E-state index contributed by atoms with van der Waals surface area (Å²) in [5.74, 6) is 0. The molecule has 1 unspecified atom stereocenters. The third-order valence-corrected chi connectivity index (χ3v) is 5.95. The number of hydrogen-bond donors (Lipinski definition) is 0. The van der Waals surface area contributed by atoms with Gasteiger partial charge in [-0.2, -0.15) is 0 Å². The van der Waals surface area contributed by atoms with Crippen LogP contribution in [0.5, 0.6) is 0 Å². The number of rotatable bonds is 3. The molecule has 1 aliphatic heterocycles. The first-order valence-corrected chi connectivity index (χ1v) is 9.27. The number of para-hydroxylation sites is 1. The van der Waals surface area contributed by atoms with E-state index in [4.69, 9.17) is 5.10 Å². The zero-order chi connectivity index (χ0) is 14.8. The summed E-state index contributed by atoms with van der Waals surface area (Å²) in [7, 11) is 0. The maximum absolute atomic E-state index is 4.95. The molecule has 1 aliphatic rings. The number of nitrogens with zero attached hydrogens (tertiary/aromatic N) is 2. The summed E-state index contributed by atoms with van der Waals surface area (Å²) >= 11 is 0.458. The van der Waals surface area contributed by atoms with Crippen LogP contribution in [0.25, 0.3) is 0 Å². The quantitative estimate of drug-likeness (QED) is 0.649. The van der Waals surface area contributed by atoms with Gasteiger partial charge >= 0.3 is 136 Å². The molecule has 0 saturated carbocycles. The van der Waals surface area contributed by atoms with Gasteiger partial charge in [0.15, 0.2) is 0 Å². The Labute approximate surface area is 136 Å². The molecule has 0 amide bonds. The average Bonchev–Trinajstić information content (AvgIpc) is 3.26. The van der Waals surface area contributed by atoms with Crippen LogP contribution in [0.3, 0.4) is 0 Å². The minimum atomic E-state index is 0.354. The number of benzene rings is 2. The van der Waals surface area contributed by atoms with Crippen molar-refractivity contribution in [2.75, 3.05) is 5.01 Å². The summed E-state index contributed by atoms with van der Waals surface area (Å²) in [5.41, 5.74) is 3.57. The molecular weight excluding hydrogens is 335 g/mol. The van der Waals surface area contributed by atoms with Crippen molar-refractivity contribution >= 4 is 25.9 Å². The number of hydrazone groups is 1. The van der Waals surface area contributed by atoms with Gasteiger partial charge in [-0.05, 0) is 0 Å². The van der Waals surface area contributed by atoms with E-state index in [0.29, 0.717) is 20.5 Å². The third-order valence-electron chi connectivity index (χ3n) is 3.91. The van der Waals surface area contributed by atoms with E-state index in [1.165, 1.54) is 21.4 Å². The number of anilines is 1. The van der Waals surface area contributed by atoms with Gasteiger partial charge < -0.3 is 0 Å². The average molecular weight is 351 g/mol. The fourth-order valence-corrected chi connectivity index (χ4v) is 4.54. The van der Waals surface area contributed by atoms with Crippen molar-refractivity contribution in [3.63, 3.8) is 0 Å². The molecule has 0 fully saturated rings. The summed E-state index contributed by atoms with van der Waals surface area (Å²) in [6, 6.07) is 25.8. The van der Waals surface area contributed by atoms with Crippen molar-refractivity contribution in [1.82, 2.24) is 0 Å². The molecule has 2 nitrogen and oxygen atoms in total. The third kappa shape index (κ3) is 2.54. The van der Waals surface area contributed by atoms with Crippen LogP contribution in [-0.2, 0) is 0 Å². The van der Waals surface area contributed by atoms with Gasteiger partial charge in [-0.1, -0.05) is 0 Å². The second kappa shape index (κ2) is 5.96. The molecular formula is C19H16N2Se. The van der Waals surface area contributed by atoms with Crippen molar-refractivity contribution in [2.24, 2.45) is 5.10 Å². The predicted octanol–water partition coefficient (Wildman–Crippen LogP) is 4.10. The van der Waals surface area contributed by atoms with Crippen LogP contribution < -0.4 is 5.01 Å². The molecule has 22 heavy (non-hydrogen) atoms. The molecule has 3 aromatic rings. The van der Waals surface area contributed by atoms with Crippen molar-refractivity contribution < 1.29 is 0 Å². The van der Waals surface area contributed by atoms with E-state index >= 15 is 0 Å². The van der Waals surface area contributed by atoms with Crippen molar-refractivity contribution in [3.8, 4) is 0 Å². The van der Waals surface area contributed by atoms with Crippen LogP contribution in [0.4, 0.5) is 5.69 Å². The van der Waals surface area contributed by atoms with Gasteiger partial charge in [0, 0.05) is 0 Å². The Morgan fingerprint density at radius 1 is 0.864 bits per heavy atom. The molecule has 2 heterocycles. The Kier molecular flexibility index (Phi) is 3.67. The maximum atomic E-state index is 4.95. The van der Waals surface area contributed by atoms with E-state index in [0.717, 1.165) is 6.42 Å². The molecule has 3 heteroatoms.